The topological polar surface area (TPSA) is 26.0 Å². The molecule has 0 amide bonds. The summed E-state index contributed by atoms with van der Waals surface area (Å²) in [5, 5.41) is 0. The lowest BCUT2D eigenvalue weighted by Gasteiger charge is -2.08. The number of benzene rings is 1. The summed E-state index contributed by atoms with van der Waals surface area (Å²) in [4.78, 5) is 0. The average Bonchev–Trinajstić information content (AvgIpc) is 1.82. The summed E-state index contributed by atoms with van der Waals surface area (Å²) in [6.45, 7) is 1.55. The summed E-state index contributed by atoms with van der Waals surface area (Å²) in [6.07, 6.45) is 0. The van der Waals surface area contributed by atoms with Gasteiger partial charge in [-0.1, -0.05) is 0 Å². The molecule has 1 rings (SSSR count). The highest BCUT2D eigenvalue weighted by atomic mass is 127. The van der Waals surface area contributed by atoms with Gasteiger partial charge in [-0.3, -0.25) is 0 Å². The third-order valence-electron chi connectivity index (χ3n) is 1.50. The van der Waals surface area contributed by atoms with Crippen molar-refractivity contribution in [2.45, 2.75) is 13.0 Å². The number of hydrogen-bond donors (Lipinski definition) is 1. The molecule has 0 heterocycles. The molecule has 0 aliphatic heterocycles. The van der Waals surface area contributed by atoms with Crippen LogP contribution in [0.25, 0.3) is 0 Å². The minimum atomic E-state index is -0.609. The van der Waals surface area contributed by atoms with E-state index >= 15 is 0 Å². The van der Waals surface area contributed by atoms with Crippen LogP contribution < -0.4 is 5.73 Å². The monoisotopic (exact) mass is 283 g/mol. The Hall–Kier alpha value is -0.230. The normalized spacial score (nSPS) is 13.1. The molecule has 2 N–H and O–H groups in total. The fourth-order valence-electron chi connectivity index (χ4n) is 0.988. The highest BCUT2D eigenvalue weighted by Crippen LogP contribution is 2.21. The highest BCUT2D eigenvalue weighted by molar-refractivity contribution is 14.1. The third kappa shape index (κ3) is 1.92. The smallest absolute Gasteiger partial charge is 0.131 e. The summed E-state index contributed by atoms with van der Waals surface area (Å²) in [6, 6.07) is 1.92. The van der Waals surface area contributed by atoms with Gasteiger partial charge < -0.3 is 5.73 Å². The molecule has 0 saturated carbocycles. The fourth-order valence-corrected chi connectivity index (χ4v) is 1.54. The maximum Gasteiger partial charge on any atom is 0.131 e. The van der Waals surface area contributed by atoms with Crippen molar-refractivity contribution in [3.05, 3.63) is 32.9 Å². The van der Waals surface area contributed by atoms with E-state index in [0.29, 0.717) is 3.57 Å². The Morgan fingerprint density at radius 3 is 2.08 bits per heavy atom. The van der Waals surface area contributed by atoms with E-state index in [9.17, 15) is 8.78 Å². The predicted molar refractivity (Wildman–Crippen MR) is 51.7 cm³/mol. The molecule has 0 radical (unpaired) electrons. The molecule has 0 bridgehead atoms. The van der Waals surface area contributed by atoms with E-state index in [1.807, 2.05) is 22.6 Å². The molecule has 0 aromatic heterocycles. The Labute approximate surface area is 83.1 Å². The van der Waals surface area contributed by atoms with Gasteiger partial charge in [0.2, 0.25) is 0 Å². The van der Waals surface area contributed by atoms with E-state index < -0.39 is 17.7 Å². The van der Waals surface area contributed by atoms with Crippen LogP contribution in [-0.2, 0) is 0 Å². The lowest BCUT2D eigenvalue weighted by Crippen LogP contribution is -2.10. The predicted octanol–water partition coefficient (Wildman–Crippen LogP) is 2.59. The first-order valence-corrected chi connectivity index (χ1v) is 4.50. The molecule has 0 aliphatic carbocycles. The minimum absolute atomic E-state index is 0.0459. The van der Waals surface area contributed by atoms with Gasteiger partial charge >= 0.3 is 0 Å². The molecule has 0 fully saturated rings. The first-order valence-electron chi connectivity index (χ1n) is 3.42. The lowest BCUT2D eigenvalue weighted by atomic mass is 10.1. The van der Waals surface area contributed by atoms with E-state index in [0.717, 1.165) is 0 Å². The average molecular weight is 283 g/mol. The quantitative estimate of drug-likeness (QED) is 0.788. The maximum absolute atomic E-state index is 13.0. The van der Waals surface area contributed by atoms with Gasteiger partial charge in [-0.2, -0.15) is 0 Å². The van der Waals surface area contributed by atoms with Crippen molar-refractivity contribution in [3.63, 3.8) is 0 Å². The molecule has 4 heteroatoms. The number of hydrogen-bond acceptors (Lipinski definition) is 1. The van der Waals surface area contributed by atoms with Gasteiger partial charge in [0.1, 0.15) is 11.6 Å². The molecule has 66 valence electrons. The van der Waals surface area contributed by atoms with E-state index in [2.05, 4.69) is 0 Å². The van der Waals surface area contributed by atoms with E-state index in [-0.39, 0.29) is 5.56 Å². The molecular formula is C8H8F2IN. The second-order valence-electron chi connectivity index (χ2n) is 2.57. The first kappa shape index (κ1) is 9.85. The first-order chi connectivity index (χ1) is 5.52. The number of halogens is 3. The van der Waals surface area contributed by atoms with E-state index in [1.165, 1.54) is 12.1 Å². The van der Waals surface area contributed by atoms with Crippen molar-refractivity contribution in [1.82, 2.24) is 0 Å². The molecule has 0 unspecified atom stereocenters. The van der Waals surface area contributed by atoms with Crippen LogP contribution in [-0.4, -0.2) is 0 Å². The summed E-state index contributed by atoms with van der Waals surface area (Å²) in [5.74, 6) is -1.15. The van der Waals surface area contributed by atoms with Crippen LogP contribution in [0.15, 0.2) is 12.1 Å². The van der Waals surface area contributed by atoms with Gasteiger partial charge in [-0.05, 0) is 41.6 Å². The Bertz CT molecular complexity index is 276. The molecule has 0 aliphatic rings. The molecule has 1 nitrogen and oxygen atoms in total. The Morgan fingerprint density at radius 1 is 1.33 bits per heavy atom. The van der Waals surface area contributed by atoms with Gasteiger partial charge in [0.05, 0.1) is 0 Å². The molecule has 1 aromatic carbocycles. The third-order valence-corrected chi connectivity index (χ3v) is 2.12. The van der Waals surface area contributed by atoms with Crippen molar-refractivity contribution < 1.29 is 8.78 Å². The summed E-state index contributed by atoms with van der Waals surface area (Å²) in [7, 11) is 0. The van der Waals surface area contributed by atoms with Gasteiger partial charge in [0.25, 0.3) is 0 Å². The molecule has 1 atom stereocenters. The SMILES string of the molecule is C[C@@H](N)c1c(F)cc(I)cc1F. The van der Waals surface area contributed by atoms with Crippen molar-refractivity contribution in [2.24, 2.45) is 5.73 Å². The van der Waals surface area contributed by atoms with Gasteiger partial charge in [0.15, 0.2) is 0 Å². The van der Waals surface area contributed by atoms with Crippen LogP contribution in [0.2, 0.25) is 0 Å². The van der Waals surface area contributed by atoms with Crippen molar-refractivity contribution >= 4 is 22.6 Å². The van der Waals surface area contributed by atoms with Crippen molar-refractivity contribution in [1.29, 1.82) is 0 Å². The Kier molecular flexibility index (Phi) is 3.00. The molecule has 0 saturated heterocycles. The molecule has 0 spiro atoms. The molecule has 12 heavy (non-hydrogen) atoms. The zero-order chi connectivity index (χ0) is 9.30. The van der Waals surface area contributed by atoms with Crippen LogP contribution in [0.4, 0.5) is 8.78 Å². The van der Waals surface area contributed by atoms with Crippen molar-refractivity contribution in [2.75, 3.05) is 0 Å². The second-order valence-corrected chi connectivity index (χ2v) is 3.82. The van der Waals surface area contributed by atoms with Crippen molar-refractivity contribution in [3.8, 4) is 0 Å². The molecular weight excluding hydrogens is 275 g/mol. The van der Waals surface area contributed by atoms with Crippen LogP contribution in [0.5, 0.6) is 0 Å². The summed E-state index contributed by atoms with van der Waals surface area (Å²) >= 11 is 1.85. The van der Waals surface area contributed by atoms with Crippen LogP contribution >= 0.6 is 22.6 Å². The standard InChI is InChI=1S/C8H8F2IN/c1-4(12)8-6(9)2-5(11)3-7(8)10/h2-4H,12H2,1H3/t4-/m1/s1. The molecule has 1 aromatic rings. The lowest BCUT2D eigenvalue weighted by molar-refractivity contribution is 0.535. The van der Waals surface area contributed by atoms with Gasteiger partial charge in [0, 0.05) is 15.2 Å². The van der Waals surface area contributed by atoms with Crippen LogP contribution in [0.1, 0.15) is 18.5 Å². The summed E-state index contributed by atoms with van der Waals surface area (Å²) in [5.41, 5.74) is 5.34. The number of nitrogens with two attached hydrogens (primary N) is 1. The number of rotatable bonds is 1. The van der Waals surface area contributed by atoms with Crippen LogP contribution in [0, 0.1) is 15.2 Å². The largest absolute Gasteiger partial charge is 0.324 e. The van der Waals surface area contributed by atoms with Gasteiger partial charge in [-0.25, -0.2) is 8.78 Å². The zero-order valence-electron chi connectivity index (χ0n) is 6.44. The van der Waals surface area contributed by atoms with Crippen LogP contribution in [0.3, 0.4) is 0 Å². The Morgan fingerprint density at radius 2 is 1.75 bits per heavy atom. The van der Waals surface area contributed by atoms with E-state index in [1.54, 1.807) is 6.92 Å². The highest BCUT2D eigenvalue weighted by Gasteiger charge is 2.13. The Balaban J connectivity index is 3.28. The minimum Gasteiger partial charge on any atom is -0.324 e. The van der Waals surface area contributed by atoms with Gasteiger partial charge in [-0.15, -0.1) is 0 Å². The zero-order valence-corrected chi connectivity index (χ0v) is 8.60. The fraction of sp³-hybridized carbons (Fsp3) is 0.250. The maximum atomic E-state index is 13.0. The summed E-state index contributed by atoms with van der Waals surface area (Å²) < 4.78 is 26.6. The second kappa shape index (κ2) is 3.66. The van der Waals surface area contributed by atoms with E-state index in [4.69, 9.17) is 5.73 Å².